The Morgan fingerprint density at radius 1 is 1.10 bits per heavy atom. The van der Waals surface area contributed by atoms with Crippen molar-refractivity contribution in [3.63, 3.8) is 0 Å². The van der Waals surface area contributed by atoms with Crippen LogP contribution in [0.4, 0.5) is 0 Å². The number of nitrogens with one attached hydrogen (secondary N) is 1. The number of para-hydroxylation sites is 1. The standard InChI is InChI=1S/C14H11BN2O4/c18-12-6-5-8(15(20)21)7-10(12)13-16-11-4-2-1-3-9(11)14(19)17-13/h1-7,18,20-21H,(H,16,17,19). The Balaban J connectivity index is 2.25. The zero-order chi connectivity index (χ0) is 15.0. The van der Waals surface area contributed by atoms with Gasteiger partial charge in [-0.05, 0) is 29.7 Å². The molecule has 0 saturated heterocycles. The van der Waals surface area contributed by atoms with Crippen LogP contribution < -0.4 is 11.0 Å². The highest BCUT2D eigenvalue weighted by molar-refractivity contribution is 6.58. The van der Waals surface area contributed by atoms with Crippen molar-refractivity contribution in [2.75, 3.05) is 0 Å². The molecule has 0 aliphatic carbocycles. The van der Waals surface area contributed by atoms with Crippen LogP contribution in [0.15, 0.2) is 47.3 Å². The lowest BCUT2D eigenvalue weighted by atomic mass is 9.79. The van der Waals surface area contributed by atoms with Gasteiger partial charge in [0.05, 0.1) is 16.5 Å². The third-order valence-corrected chi connectivity index (χ3v) is 3.19. The van der Waals surface area contributed by atoms with Gasteiger partial charge in [0.1, 0.15) is 11.6 Å². The van der Waals surface area contributed by atoms with Crippen LogP contribution in [0.3, 0.4) is 0 Å². The first kappa shape index (κ1) is 13.4. The van der Waals surface area contributed by atoms with Crippen molar-refractivity contribution >= 4 is 23.5 Å². The van der Waals surface area contributed by atoms with Crippen molar-refractivity contribution in [2.45, 2.75) is 0 Å². The molecule has 0 bridgehead atoms. The van der Waals surface area contributed by atoms with Crippen molar-refractivity contribution < 1.29 is 15.2 Å². The van der Waals surface area contributed by atoms with E-state index in [1.165, 1.54) is 18.2 Å². The van der Waals surface area contributed by atoms with E-state index in [1.807, 2.05) is 0 Å². The molecule has 3 rings (SSSR count). The minimum Gasteiger partial charge on any atom is -0.507 e. The van der Waals surface area contributed by atoms with Gasteiger partial charge in [-0.3, -0.25) is 4.79 Å². The Hall–Kier alpha value is -2.64. The maximum atomic E-state index is 12.0. The van der Waals surface area contributed by atoms with Crippen LogP contribution in [-0.4, -0.2) is 32.2 Å². The Labute approximate surface area is 119 Å². The van der Waals surface area contributed by atoms with Gasteiger partial charge in [-0.2, -0.15) is 0 Å². The summed E-state index contributed by atoms with van der Waals surface area (Å²) in [6, 6.07) is 10.9. The Bertz CT molecular complexity index is 876. The lowest BCUT2D eigenvalue weighted by molar-refractivity contribution is 0.425. The maximum Gasteiger partial charge on any atom is 0.488 e. The predicted molar refractivity (Wildman–Crippen MR) is 79.3 cm³/mol. The van der Waals surface area contributed by atoms with Gasteiger partial charge in [-0.1, -0.05) is 18.2 Å². The molecule has 0 radical (unpaired) electrons. The molecule has 4 N–H and O–H groups in total. The van der Waals surface area contributed by atoms with Gasteiger partial charge in [-0.15, -0.1) is 0 Å². The lowest BCUT2D eigenvalue weighted by Crippen LogP contribution is -2.29. The van der Waals surface area contributed by atoms with Crippen molar-refractivity contribution in [2.24, 2.45) is 0 Å². The summed E-state index contributed by atoms with van der Waals surface area (Å²) in [6.07, 6.45) is 0. The molecular formula is C14H11BN2O4. The number of phenolic OH excluding ortho intramolecular Hbond substituents is 1. The number of aromatic nitrogens is 2. The lowest BCUT2D eigenvalue weighted by Gasteiger charge is -2.07. The van der Waals surface area contributed by atoms with E-state index >= 15 is 0 Å². The van der Waals surface area contributed by atoms with Gasteiger partial charge >= 0.3 is 7.12 Å². The zero-order valence-electron chi connectivity index (χ0n) is 10.8. The van der Waals surface area contributed by atoms with Crippen LogP contribution in [0, 0.1) is 0 Å². The summed E-state index contributed by atoms with van der Waals surface area (Å²) in [7, 11) is -1.67. The van der Waals surface area contributed by atoms with E-state index in [0.29, 0.717) is 10.9 Å². The number of benzene rings is 2. The van der Waals surface area contributed by atoms with Crippen LogP contribution in [0.25, 0.3) is 22.3 Å². The van der Waals surface area contributed by atoms with Gasteiger partial charge in [0.25, 0.3) is 5.56 Å². The summed E-state index contributed by atoms with van der Waals surface area (Å²) >= 11 is 0. The van der Waals surface area contributed by atoms with Gasteiger partial charge in [0, 0.05) is 0 Å². The third-order valence-electron chi connectivity index (χ3n) is 3.19. The Morgan fingerprint density at radius 3 is 2.62 bits per heavy atom. The summed E-state index contributed by atoms with van der Waals surface area (Å²) < 4.78 is 0. The van der Waals surface area contributed by atoms with E-state index in [4.69, 9.17) is 0 Å². The minimum atomic E-state index is -1.67. The first-order chi connectivity index (χ1) is 10.1. The molecule has 0 unspecified atom stereocenters. The normalized spacial score (nSPS) is 10.8. The second-order valence-corrected chi connectivity index (χ2v) is 4.58. The molecule has 0 aliphatic rings. The fraction of sp³-hybridized carbons (Fsp3) is 0. The molecule has 7 heteroatoms. The van der Waals surface area contributed by atoms with Crippen molar-refractivity contribution in [1.82, 2.24) is 9.97 Å². The molecule has 21 heavy (non-hydrogen) atoms. The quantitative estimate of drug-likeness (QED) is 0.494. The average Bonchev–Trinajstić information content (AvgIpc) is 2.47. The first-order valence-electron chi connectivity index (χ1n) is 6.25. The molecule has 1 aromatic heterocycles. The number of H-pyrrole nitrogens is 1. The smallest absolute Gasteiger partial charge is 0.488 e. The summed E-state index contributed by atoms with van der Waals surface area (Å²) in [6.45, 7) is 0. The number of hydrogen-bond acceptors (Lipinski definition) is 5. The number of nitrogens with zero attached hydrogens (tertiary/aromatic N) is 1. The van der Waals surface area contributed by atoms with E-state index in [9.17, 15) is 19.9 Å². The summed E-state index contributed by atoms with van der Waals surface area (Å²) in [5, 5.41) is 28.7. The van der Waals surface area contributed by atoms with Crippen molar-refractivity contribution in [3.8, 4) is 17.1 Å². The number of hydrogen-bond donors (Lipinski definition) is 4. The highest BCUT2D eigenvalue weighted by atomic mass is 16.4. The predicted octanol–water partition coefficient (Wildman–Crippen LogP) is -0.0245. The van der Waals surface area contributed by atoms with E-state index in [2.05, 4.69) is 9.97 Å². The zero-order valence-corrected chi connectivity index (χ0v) is 10.8. The van der Waals surface area contributed by atoms with Crippen LogP contribution in [0.2, 0.25) is 0 Å². The summed E-state index contributed by atoms with van der Waals surface area (Å²) in [5.74, 6) is 0.0523. The molecular weight excluding hydrogens is 271 g/mol. The maximum absolute atomic E-state index is 12.0. The molecule has 0 amide bonds. The van der Waals surface area contributed by atoms with Crippen LogP contribution >= 0.6 is 0 Å². The monoisotopic (exact) mass is 282 g/mol. The van der Waals surface area contributed by atoms with Crippen LogP contribution in [0.1, 0.15) is 0 Å². The second kappa shape index (κ2) is 5.04. The van der Waals surface area contributed by atoms with Crippen LogP contribution in [0.5, 0.6) is 5.75 Å². The molecule has 2 aromatic carbocycles. The number of rotatable bonds is 2. The fourth-order valence-electron chi connectivity index (χ4n) is 2.12. The van der Waals surface area contributed by atoms with E-state index in [-0.39, 0.29) is 28.2 Å². The molecule has 0 spiro atoms. The topological polar surface area (TPSA) is 106 Å². The SMILES string of the molecule is O=c1[nH]c(-c2cc(B(O)O)ccc2O)nc2ccccc12. The summed E-state index contributed by atoms with van der Waals surface area (Å²) in [4.78, 5) is 18.9. The van der Waals surface area contributed by atoms with Gasteiger partial charge in [0.15, 0.2) is 0 Å². The van der Waals surface area contributed by atoms with Gasteiger partial charge in [0.2, 0.25) is 0 Å². The molecule has 0 fully saturated rings. The van der Waals surface area contributed by atoms with Crippen molar-refractivity contribution in [3.05, 3.63) is 52.8 Å². The molecule has 0 atom stereocenters. The minimum absolute atomic E-state index is 0.113. The molecule has 0 aliphatic heterocycles. The number of aromatic amines is 1. The largest absolute Gasteiger partial charge is 0.507 e. The van der Waals surface area contributed by atoms with Crippen LogP contribution in [-0.2, 0) is 0 Å². The molecule has 1 heterocycles. The van der Waals surface area contributed by atoms with E-state index in [0.717, 1.165) is 0 Å². The van der Waals surface area contributed by atoms with Gasteiger partial charge < -0.3 is 20.1 Å². The second-order valence-electron chi connectivity index (χ2n) is 4.58. The molecule has 104 valence electrons. The average molecular weight is 282 g/mol. The third kappa shape index (κ3) is 2.40. The summed E-state index contributed by atoms with van der Waals surface area (Å²) in [5.41, 5.74) is 0.581. The van der Waals surface area contributed by atoms with Gasteiger partial charge in [-0.25, -0.2) is 4.98 Å². The Kier molecular flexibility index (Phi) is 3.21. The highest BCUT2D eigenvalue weighted by Crippen LogP contribution is 2.25. The Morgan fingerprint density at radius 2 is 1.86 bits per heavy atom. The number of aromatic hydroxyl groups is 1. The number of phenols is 1. The molecule has 0 saturated carbocycles. The molecule has 3 aromatic rings. The van der Waals surface area contributed by atoms with E-state index in [1.54, 1.807) is 24.3 Å². The first-order valence-corrected chi connectivity index (χ1v) is 6.25. The van der Waals surface area contributed by atoms with Crippen molar-refractivity contribution in [1.29, 1.82) is 0 Å². The highest BCUT2D eigenvalue weighted by Gasteiger charge is 2.16. The molecule has 6 nitrogen and oxygen atoms in total. The number of fused-ring (bicyclic) bond motifs is 1. The fourth-order valence-corrected chi connectivity index (χ4v) is 2.12. The van der Waals surface area contributed by atoms with E-state index < -0.39 is 7.12 Å².